The van der Waals surface area contributed by atoms with Crippen molar-refractivity contribution in [1.82, 2.24) is 4.98 Å². The Hall–Kier alpha value is -1.56. The summed E-state index contributed by atoms with van der Waals surface area (Å²) in [6, 6.07) is 12.2. The summed E-state index contributed by atoms with van der Waals surface area (Å²) in [6.45, 7) is 0. The van der Waals surface area contributed by atoms with Gasteiger partial charge in [-0.25, -0.2) is 4.98 Å². The summed E-state index contributed by atoms with van der Waals surface area (Å²) < 4.78 is 7.06. The average molecular weight is 362 g/mol. The second-order valence-electron chi connectivity index (χ2n) is 4.59. The second-order valence-corrected chi connectivity index (χ2v) is 5.84. The van der Waals surface area contributed by atoms with Crippen molar-refractivity contribution in [2.75, 3.05) is 19.0 Å². The zero-order valence-corrected chi connectivity index (χ0v) is 12.9. The molecule has 19 heavy (non-hydrogen) atoms. The normalized spacial score (nSPS) is 10.9. The predicted molar refractivity (Wildman–Crippen MR) is 86.5 cm³/mol. The van der Waals surface area contributed by atoms with E-state index in [2.05, 4.69) is 39.7 Å². The van der Waals surface area contributed by atoms with Crippen LogP contribution >= 0.6 is 22.6 Å². The molecule has 0 radical (unpaired) electrons. The van der Waals surface area contributed by atoms with Crippen LogP contribution < -0.4 is 4.90 Å². The summed E-state index contributed by atoms with van der Waals surface area (Å²) in [6.07, 6.45) is 1.85. The molecule has 0 amide bonds. The van der Waals surface area contributed by atoms with E-state index in [9.17, 15) is 0 Å². The number of aromatic nitrogens is 1. The van der Waals surface area contributed by atoms with E-state index in [0.717, 1.165) is 28.1 Å². The van der Waals surface area contributed by atoms with Crippen molar-refractivity contribution >= 4 is 39.4 Å². The molecule has 0 spiro atoms. The molecule has 0 atom stereocenters. The molecule has 3 nitrogen and oxygen atoms in total. The van der Waals surface area contributed by atoms with E-state index in [0.29, 0.717) is 0 Å². The van der Waals surface area contributed by atoms with Crippen LogP contribution in [0, 0.1) is 3.57 Å². The minimum absolute atomic E-state index is 0.856. The lowest BCUT2D eigenvalue weighted by Crippen LogP contribution is -2.09. The average Bonchev–Trinajstić information content (AvgIpc) is 2.81. The minimum atomic E-state index is 0.856. The van der Waals surface area contributed by atoms with Crippen LogP contribution in [0.2, 0.25) is 0 Å². The van der Waals surface area contributed by atoms with Crippen LogP contribution in [0.15, 0.2) is 47.0 Å². The van der Waals surface area contributed by atoms with Gasteiger partial charge in [-0.1, -0.05) is 0 Å². The van der Waals surface area contributed by atoms with Gasteiger partial charge >= 0.3 is 0 Å². The number of hydrogen-bond acceptors (Lipinski definition) is 3. The molecule has 0 aliphatic rings. The largest absolute Gasteiger partial charge is 0.456 e. The molecule has 2 heterocycles. The van der Waals surface area contributed by atoms with Gasteiger partial charge in [0.1, 0.15) is 17.2 Å². The van der Waals surface area contributed by atoms with Gasteiger partial charge in [0.05, 0.1) is 0 Å². The highest BCUT2D eigenvalue weighted by Crippen LogP contribution is 2.29. The minimum Gasteiger partial charge on any atom is -0.456 e. The monoisotopic (exact) mass is 362 g/mol. The molecule has 0 saturated carbocycles. The number of furan rings is 1. The molecule has 0 aliphatic heterocycles. The molecule has 96 valence electrons. The summed E-state index contributed by atoms with van der Waals surface area (Å²) >= 11 is 2.30. The van der Waals surface area contributed by atoms with Gasteiger partial charge in [-0.3, -0.25) is 0 Å². The zero-order chi connectivity index (χ0) is 13.4. The van der Waals surface area contributed by atoms with Crippen LogP contribution in [-0.4, -0.2) is 19.1 Å². The Morgan fingerprint density at radius 1 is 1.11 bits per heavy atom. The van der Waals surface area contributed by atoms with Crippen molar-refractivity contribution in [3.05, 3.63) is 46.2 Å². The van der Waals surface area contributed by atoms with Crippen LogP contribution in [0.25, 0.3) is 22.3 Å². The molecule has 0 unspecified atom stereocenters. The maximum Gasteiger partial charge on any atom is 0.136 e. The van der Waals surface area contributed by atoms with Crippen molar-refractivity contribution in [1.29, 1.82) is 0 Å². The number of halogens is 1. The van der Waals surface area contributed by atoms with E-state index in [1.807, 2.05) is 49.5 Å². The first-order valence-corrected chi connectivity index (χ1v) is 7.04. The second kappa shape index (κ2) is 4.85. The van der Waals surface area contributed by atoms with Crippen molar-refractivity contribution in [2.24, 2.45) is 0 Å². The van der Waals surface area contributed by atoms with E-state index in [1.165, 1.54) is 3.57 Å². The van der Waals surface area contributed by atoms with Gasteiger partial charge in [0, 0.05) is 34.8 Å². The first kappa shape index (κ1) is 12.5. The maximum atomic E-state index is 5.85. The van der Waals surface area contributed by atoms with Gasteiger partial charge in [0.15, 0.2) is 0 Å². The summed E-state index contributed by atoms with van der Waals surface area (Å²) in [7, 11) is 3.95. The van der Waals surface area contributed by atoms with Gasteiger partial charge in [0.2, 0.25) is 0 Å². The molecular formula is C15H13IN2O. The fourth-order valence-corrected chi connectivity index (χ4v) is 2.47. The van der Waals surface area contributed by atoms with E-state index in [1.54, 1.807) is 0 Å². The van der Waals surface area contributed by atoms with Crippen molar-refractivity contribution in [2.45, 2.75) is 0 Å². The van der Waals surface area contributed by atoms with Crippen LogP contribution in [0.4, 0.5) is 5.82 Å². The first-order valence-electron chi connectivity index (χ1n) is 5.96. The Kier molecular flexibility index (Phi) is 3.18. The van der Waals surface area contributed by atoms with Crippen LogP contribution in [0.1, 0.15) is 0 Å². The van der Waals surface area contributed by atoms with Crippen LogP contribution in [0.5, 0.6) is 0 Å². The van der Waals surface area contributed by atoms with Crippen molar-refractivity contribution < 1.29 is 4.42 Å². The summed E-state index contributed by atoms with van der Waals surface area (Å²) in [5.74, 6) is 1.80. The van der Waals surface area contributed by atoms with Gasteiger partial charge in [-0.2, -0.15) is 0 Å². The lowest BCUT2D eigenvalue weighted by Gasteiger charge is -2.10. The number of anilines is 1. The molecule has 3 aromatic rings. The van der Waals surface area contributed by atoms with Gasteiger partial charge in [0.25, 0.3) is 0 Å². The third-order valence-electron chi connectivity index (χ3n) is 2.97. The highest BCUT2D eigenvalue weighted by molar-refractivity contribution is 14.1. The van der Waals surface area contributed by atoms with E-state index >= 15 is 0 Å². The molecule has 0 bridgehead atoms. The molecule has 0 aliphatic carbocycles. The molecule has 3 rings (SSSR count). The van der Waals surface area contributed by atoms with Gasteiger partial charge in [-0.05, 0) is 59.0 Å². The Morgan fingerprint density at radius 2 is 1.95 bits per heavy atom. The Labute approximate surface area is 125 Å². The molecule has 4 heteroatoms. The molecule has 1 aromatic carbocycles. The number of fused-ring (bicyclic) bond motifs is 1. The quantitative estimate of drug-likeness (QED) is 0.641. The Bertz CT molecular complexity index is 717. The topological polar surface area (TPSA) is 29.3 Å². The van der Waals surface area contributed by atoms with Crippen molar-refractivity contribution in [3.8, 4) is 11.3 Å². The predicted octanol–water partition coefficient (Wildman–Crippen LogP) is 4.17. The highest BCUT2D eigenvalue weighted by atomic mass is 125. The maximum absolute atomic E-state index is 5.85. The molecule has 2 aromatic heterocycles. The molecule has 0 N–H and O–H groups in total. The van der Waals surface area contributed by atoms with Gasteiger partial charge < -0.3 is 9.32 Å². The smallest absolute Gasteiger partial charge is 0.136 e. The molecule has 0 saturated heterocycles. The SMILES string of the molecule is CN(C)c1ccc(-c2cc3cc([125I])ccc3o2)cn1. The van der Waals surface area contributed by atoms with Crippen molar-refractivity contribution in [3.63, 3.8) is 0 Å². The summed E-state index contributed by atoms with van der Waals surface area (Å²) in [5.41, 5.74) is 1.91. The lowest BCUT2D eigenvalue weighted by molar-refractivity contribution is 0.631. The van der Waals surface area contributed by atoms with Crippen LogP contribution in [-0.2, 0) is 0 Å². The Morgan fingerprint density at radius 3 is 2.63 bits per heavy atom. The third kappa shape index (κ3) is 2.45. The lowest BCUT2D eigenvalue weighted by atomic mass is 10.2. The van der Waals surface area contributed by atoms with E-state index in [-0.39, 0.29) is 0 Å². The number of benzene rings is 1. The fourth-order valence-electron chi connectivity index (χ4n) is 1.95. The standard InChI is InChI=1S/C15H13IN2O/c1-18(2)15-6-3-10(9-17-15)14-8-11-7-12(16)4-5-13(11)19-14/h3-9H,1-2H3/i16-2. The summed E-state index contributed by atoms with van der Waals surface area (Å²) in [4.78, 5) is 6.38. The molecular weight excluding hydrogens is 349 g/mol. The number of nitrogens with zero attached hydrogens (tertiary/aromatic N) is 2. The van der Waals surface area contributed by atoms with E-state index in [4.69, 9.17) is 4.42 Å². The number of pyridine rings is 1. The fraction of sp³-hybridized carbons (Fsp3) is 0.133. The third-order valence-corrected chi connectivity index (χ3v) is 3.64. The summed E-state index contributed by atoms with van der Waals surface area (Å²) in [5, 5.41) is 1.12. The number of hydrogen-bond donors (Lipinski definition) is 0. The van der Waals surface area contributed by atoms with Gasteiger partial charge in [-0.15, -0.1) is 0 Å². The van der Waals surface area contributed by atoms with Crippen LogP contribution in [0.3, 0.4) is 0 Å². The zero-order valence-electron chi connectivity index (χ0n) is 10.7. The highest BCUT2D eigenvalue weighted by Gasteiger charge is 2.07. The molecule has 0 fully saturated rings. The Balaban J connectivity index is 2.03. The number of rotatable bonds is 2. The first-order chi connectivity index (χ1) is 9.13. The van der Waals surface area contributed by atoms with E-state index < -0.39 is 0 Å².